The Kier molecular flexibility index (Phi) is 2.44. The highest BCUT2D eigenvalue weighted by atomic mass is 19.1. The molecule has 7 nitrogen and oxygen atoms in total. The van der Waals surface area contributed by atoms with Gasteiger partial charge in [-0.15, -0.1) is 0 Å². The van der Waals surface area contributed by atoms with Crippen LogP contribution in [0.3, 0.4) is 0 Å². The SMILES string of the molecule is Nc1nonc1-c1noc(-c2c(F)cccc2F)n1. The molecule has 2 aromatic heterocycles. The average Bonchev–Trinajstić information content (AvgIpc) is 2.98. The maximum absolute atomic E-state index is 13.5. The van der Waals surface area contributed by atoms with Gasteiger partial charge in [0.05, 0.1) is 0 Å². The van der Waals surface area contributed by atoms with Crippen molar-refractivity contribution in [1.82, 2.24) is 20.5 Å². The van der Waals surface area contributed by atoms with E-state index in [1.54, 1.807) is 0 Å². The molecule has 0 saturated heterocycles. The quantitative estimate of drug-likeness (QED) is 0.751. The standard InChI is InChI=1S/C10H5F2N5O2/c11-4-2-1-3-5(12)6(4)10-14-9(17-18-10)7-8(13)16-19-15-7/h1-3H,(H2,13,16). The lowest BCUT2D eigenvalue weighted by molar-refractivity contribution is 0.310. The smallest absolute Gasteiger partial charge is 0.264 e. The highest BCUT2D eigenvalue weighted by Crippen LogP contribution is 2.27. The minimum absolute atomic E-state index is 0.0340. The number of nitrogens with two attached hydrogens (primary N) is 1. The molecule has 0 aliphatic carbocycles. The third-order valence-corrected chi connectivity index (χ3v) is 2.33. The van der Waals surface area contributed by atoms with Gasteiger partial charge in [0.25, 0.3) is 5.89 Å². The summed E-state index contributed by atoms with van der Waals surface area (Å²) in [7, 11) is 0. The summed E-state index contributed by atoms with van der Waals surface area (Å²) < 4.78 is 36.2. The minimum atomic E-state index is -0.818. The van der Waals surface area contributed by atoms with E-state index in [-0.39, 0.29) is 23.2 Å². The zero-order chi connectivity index (χ0) is 13.4. The van der Waals surface area contributed by atoms with Crippen LogP contribution in [0.2, 0.25) is 0 Å². The maximum atomic E-state index is 13.5. The van der Waals surface area contributed by atoms with Crippen LogP contribution in [-0.2, 0) is 0 Å². The van der Waals surface area contributed by atoms with E-state index in [2.05, 4.69) is 25.1 Å². The normalized spacial score (nSPS) is 10.8. The fourth-order valence-electron chi connectivity index (χ4n) is 1.47. The summed E-state index contributed by atoms with van der Waals surface area (Å²) in [6, 6.07) is 3.38. The molecule has 0 radical (unpaired) electrons. The minimum Gasteiger partial charge on any atom is -0.379 e. The number of anilines is 1. The molecule has 0 unspecified atom stereocenters. The Hall–Kier alpha value is -2.84. The highest BCUT2D eigenvalue weighted by Gasteiger charge is 2.21. The van der Waals surface area contributed by atoms with Gasteiger partial charge in [-0.25, -0.2) is 13.4 Å². The van der Waals surface area contributed by atoms with Crippen LogP contribution < -0.4 is 5.73 Å². The molecular formula is C10H5F2N5O2. The Balaban J connectivity index is 2.10. The third kappa shape index (κ3) is 1.80. The molecule has 3 rings (SSSR count). The molecule has 2 heterocycles. The van der Waals surface area contributed by atoms with E-state index >= 15 is 0 Å². The first-order valence-corrected chi connectivity index (χ1v) is 5.03. The van der Waals surface area contributed by atoms with Crippen LogP contribution in [-0.4, -0.2) is 20.5 Å². The zero-order valence-electron chi connectivity index (χ0n) is 9.17. The Morgan fingerprint density at radius 1 is 1.05 bits per heavy atom. The van der Waals surface area contributed by atoms with Crippen LogP contribution in [0, 0.1) is 11.6 Å². The molecule has 9 heteroatoms. The van der Waals surface area contributed by atoms with Gasteiger partial charge in [0.15, 0.2) is 11.5 Å². The summed E-state index contributed by atoms with van der Waals surface area (Å²) in [6.07, 6.45) is 0. The molecule has 2 N–H and O–H groups in total. The van der Waals surface area contributed by atoms with Crippen LogP contribution >= 0.6 is 0 Å². The van der Waals surface area contributed by atoms with Crippen molar-refractivity contribution in [3.05, 3.63) is 29.8 Å². The lowest BCUT2D eigenvalue weighted by Gasteiger charge is -1.97. The first-order chi connectivity index (χ1) is 9.16. The van der Waals surface area contributed by atoms with E-state index in [1.165, 1.54) is 6.07 Å². The second-order valence-corrected chi connectivity index (χ2v) is 3.52. The first kappa shape index (κ1) is 11.3. The predicted molar refractivity (Wildman–Crippen MR) is 57.4 cm³/mol. The zero-order valence-corrected chi connectivity index (χ0v) is 9.17. The van der Waals surface area contributed by atoms with Crippen LogP contribution in [0.1, 0.15) is 0 Å². The second-order valence-electron chi connectivity index (χ2n) is 3.52. The number of benzene rings is 1. The molecule has 0 bridgehead atoms. The van der Waals surface area contributed by atoms with Gasteiger partial charge in [-0.1, -0.05) is 11.2 Å². The summed E-state index contributed by atoms with van der Waals surface area (Å²) in [6.45, 7) is 0. The number of nitrogens with zero attached hydrogens (tertiary/aromatic N) is 4. The van der Waals surface area contributed by atoms with Crippen molar-refractivity contribution < 1.29 is 17.9 Å². The lowest BCUT2D eigenvalue weighted by Crippen LogP contribution is -1.91. The van der Waals surface area contributed by atoms with E-state index in [1.807, 2.05) is 0 Å². The van der Waals surface area contributed by atoms with Crippen molar-refractivity contribution in [2.45, 2.75) is 0 Å². The number of rotatable bonds is 2. The summed E-state index contributed by atoms with van der Waals surface area (Å²) >= 11 is 0. The fourth-order valence-corrected chi connectivity index (χ4v) is 1.47. The van der Waals surface area contributed by atoms with Gasteiger partial charge in [0.2, 0.25) is 5.82 Å². The Morgan fingerprint density at radius 2 is 1.79 bits per heavy atom. The van der Waals surface area contributed by atoms with E-state index < -0.39 is 17.2 Å². The van der Waals surface area contributed by atoms with Crippen molar-refractivity contribution >= 4 is 5.82 Å². The van der Waals surface area contributed by atoms with Gasteiger partial charge in [-0.3, -0.25) is 0 Å². The summed E-state index contributed by atoms with van der Waals surface area (Å²) in [4.78, 5) is 3.81. The number of hydrogen-bond donors (Lipinski definition) is 1. The van der Waals surface area contributed by atoms with Crippen LogP contribution in [0.15, 0.2) is 27.4 Å². The van der Waals surface area contributed by atoms with Crippen molar-refractivity contribution in [3.8, 4) is 23.0 Å². The molecule has 19 heavy (non-hydrogen) atoms. The molecule has 0 spiro atoms. The van der Waals surface area contributed by atoms with Gasteiger partial charge in [-0.05, 0) is 22.4 Å². The summed E-state index contributed by atoms with van der Waals surface area (Å²) in [5, 5.41) is 10.3. The summed E-state index contributed by atoms with van der Waals surface area (Å²) in [5.41, 5.74) is 5.06. The van der Waals surface area contributed by atoms with E-state index in [4.69, 9.17) is 10.3 Å². The molecule has 3 aromatic rings. The van der Waals surface area contributed by atoms with E-state index in [0.29, 0.717) is 0 Å². The highest BCUT2D eigenvalue weighted by molar-refractivity contribution is 5.64. The van der Waals surface area contributed by atoms with Crippen molar-refractivity contribution in [1.29, 1.82) is 0 Å². The molecule has 0 atom stereocenters. The van der Waals surface area contributed by atoms with Gasteiger partial charge in [0.1, 0.15) is 17.2 Å². The van der Waals surface area contributed by atoms with Gasteiger partial charge in [0, 0.05) is 0 Å². The second kappa shape index (κ2) is 4.12. The molecule has 0 saturated carbocycles. The number of aromatic nitrogens is 4. The Labute approximate surface area is 104 Å². The van der Waals surface area contributed by atoms with Crippen LogP contribution in [0.25, 0.3) is 23.0 Å². The predicted octanol–water partition coefficient (Wildman–Crippen LogP) is 1.65. The molecule has 0 amide bonds. The Morgan fingerprint density at radius 3 is 2.42 bits per heavy atom. The number of hydrogen-bond acceptors (Lipinski definition) is 7. The van der Waals surface area contributed by atoms with Crippen LogP contribution in [0.4, 0.5) is 14.6 Å². The first-order valence-electron chi connectivity index (χ1n) is 5.03. The lowest BCUT2D eigenvalue weighted by atomic mass is 10.2. The number of nitrogen functional groups attached to an aromatic ring is 1. The topological polar surface area (TPSA) is 104 Å². The van der Waals surface area contributed by atoms with Crippen LogP contribution in [0.5, 0.6) is 0 Å². The maximum Gasteiger partial charge on any atom is 0.264 e. The van der Waals surface area contributed by atoms with Crippen molar-refractivity contribution in [2.75, 3.05) is 5.73 Å². The molecule has 1 aromatic carbocycles. The molecule has 0 aliphatic rings. The van der Waals surface area contributed by atoms with Gasteiger partial charge in [-0.2, -0.15) is 4.98 Å². The van der Waals surface area contributed by atoms with E-state index in [0.717, 1.165) is 12.1 Å². The van der Waals surface area contributed by atoms with Gasteiger partial charge < -0.3 is 10.3 Å². The Bertz CT molecular complexity index is 719. The average molecular weight is 265 g/mol. The molecule has 96 valence electrons. The molecular weight excluding hydrogens is 260 g/mol. The molecule has 0 fully saturated rings. The van der Waals surface area contributed by atoms with Crippen molar-refractivity contribution in [2.24, 2.45) is 0 Å². The summed E-state index contributed by atoms with van der Waals surface area (Å²) in [5.74, 6) is -2.09. The van der Waals surface area contributed by atoms with Gasteiger partial charge >= 0.3 is 0 Å². The third-order valence-electron chi connectivity index (χ3n) is 2.33. The van der Waals surface area contributed by atoms with E-state index in [9.17, 15) is 8.78 Å². The van der Waals surface area contributed by atoms with Crippen molar-refractivity contribution in [3.63, 3.8) is 0 Å². The monoisotopic (exact) mass is 265 g/mol. The molecule has 0 aliphatic heterocycles. The largest absolute Gasteiger partial charge is 0.379 e. The fraction of sp³-hybridized carbons (Fsp3) is 0. The number of halogens is 2.